The standard InChI is InChI=1S/C15H28N2/c16-9-13-3-1-2-4-14(13)10-17-15(11-5-6-11)12-7-8-12/h11-15,17H,1-10,16H2. The van der Waals surface area contributed by atoms with Crippen LogP contribution in [0.5, 0.6) is 0 Å². The first kappa shape index (κ1) is 12.0. The van der Waals surface area contributed by atoms with E-state index < -0.39 is 0 Å². The van der Waals surface area contributed by atoms with Crippen LogP contribution in [0.2, 0.25) is 0 Å². The average Bonchev–Trinajstić information content (AvgIpc) is 3.23. The Morgan fingerprint density at radius 1 is 0.882 bits per heavy atom. The lowest BCUT2D eigenvalue weighted by Gasteiger charge is -2.32. The van der Waals surface area contributed by atoms with E-state index in [-0.39, 0.29) is 0 Å². The number of nitrogens with two attached hydrogens (primary N) is 1. The lowest BCUT2D eigenvalue weighted by Crippen LogP contribution is -2.40. The summed E-state index contributed by atoms with van der Waals surface area (Å²) in [6.07, 6.45) is 11.6. The van der Waals surface area contributed by atoms with Gasteiger partial charge in [0.15, 0.2) is 0 Å². The molecule has 0 bridgehead atoms. The van der Waals surface area contributed by atoms with Crippen molar-refractivity contribution in [3.8, 4) is 0 Å². The van der Waals surface area contributed by atoms with Crippen molar-refractivity contribution < 1.29 is 0 Å². The van der Waals surface area contributed by atoms with Crippen LogP contribution in [0, 0.1) is 23.7 Å². The van der Waals surface area contributed by atoms with Gasteiger partial charge in [-0.3, -0.25) is 0 Å². The molecule has 0 aromatic rings. The summed E-state index contributed by atoms with van der Waals surface area (Å²) in [5.41, 5.74) is 5.92. The molecule has 2 heteroatoms. The quantitative estimate of drug-likeness (QED) is 0.744. The highest BCUT2D eigenvalue weighted by Crippen LogP contribution is 2.44. The molecule has 2 atom stereocenters. The molecule has 0 saturated heterocycles. The Morgan fingerprint density at radius 2 is 1.47 bits per heavy atom. The molecule has 0 heterocycles. The average molecular weight is 236 g/mol. The van der Waals surface area contributed by atoms with Crippen LogP contribution in [0.4, 0.5) is 0 Å². The minimum absolute atomic E-state index is 0.801. The van der Waals surface area contributed by atoms with E-state index in [2.05, 4.69) is 5.32 Å². The van der Waals surface area contributed by atoms with Crippen LogP contribution < -0.4 is 11.1 Å². The van der Waals surface area contributed by atoms with E-state index in [9.17, 15) is 0 Å². The fraction of sp³-hybridized carbons (Fsp3) is 1.00. The molecule has 0 aliphatic heterocycles. The largest absolute Gasteiger partial charge is 0.330 e. The van der Waals surface area contributed by atoms with Gasteiger partial charge in [0.2, 0.25) is 0 Å². The van der Waals surface area contributed by atoms with E-state index in [4.69, 9.17) is 5.73 Å². The number of nitrogens with one attached hydrogen (secondary N) is 1. The van der Waals surface area contributed by atoms with Crippen LogP contribution >= 0.6 is 0 Å². The minimum Gasteiger partial charge on any atom is -0.330 e. The third-order valence-electron chi connectivity index (χ3n) is 5.24. The van der Waals surface area contributed by atoms with Crippen LogP contribution in [0.3, 0.4) is 0 Å². The van der Waals surface area contributed by atoms with Gasteiger partial charge in [-0.15, -0.1) is 0 Å². The second-order valence-electron chi connectivity index (χ2n) is 6.65. The third kappa shape index (κ3) is 3.03. The van der Waals surface area contributed by atoms with Crippen LogP contribution in [-0.4, -0.2) is 19.1 Å². The minimum atomic E-state index is 0.801. The number of hydrogen-bond acceptors (Lipinski definition) is 2. The monoisotopic (exact) mass is 236 g/mol. The van der Waals surface area contributed by atoms with Gasteiger partial charge in [0.25, 0.3) is 0 Å². The van der Waals surface area contributed by atoms with E-state index in [0.717, 1.165) is 36.3 Å². The summed E-state index contributed by atoms with van der Waals surface area (Å²) in [5, 5.41) is 3.92. The molecule has 0 aromatic heterocycles. The highest BCUT2D eigenvalue weighted by Gasteiger charge is 2.41. The third-order valence-corrected chi connectivity index (χ3v) is 5.24. The van der Waals surface area contributed by atoms with Crippen molar-refractivity contribution >= 4 is 0 Å². The van der Waals surface area contributed by atoms with Gasteiger partial charge in [0, 0.05) is 6.04 Å². The van der Waals surface area contributed by atoms with Crippen molar-refractivity contribution in [3.63, 3.8) is 0 Å². The zero-order valence-electron chi connectivity index (χ0n) is 11.0. The maximum atomic E-state index is 5.92. The van der Waals surface area contributed by atoms with Crippen LogP contribution in [0.25, 0.3) is 0 Å². The second kappa shape index (κ2) is 5.27. The fourth-order valence-electron chi connectivity index (χ4n) is 3.78. The van der Waals surface area contributed by atoms with Crippen LogP contribution in [0.15, 0.2) is 0 Å². The van der Waals surface area contributed by atoms with Gasteiger partial charge in [0.1, 0.15) is 0 Å². The summed E-state index contributed by atoms with van der Waals surface area (Å²) in [4.78, 5) is 0. The first-order valence-electron chi connectivity index (χ1n) is 7.82. The first-order valence-corrected chi connectivity index (χ1v) is 7.82. The normalized spacial score (nSPS) is 34.2. The van der Waals surface area contributed by atoms with Gasteiger partial charge < -0.3 is 11.1 Å². The summed E-state index contributed by atoms with van der Waals surface area (Å²) in [6, 6.07) is 0.871. The van der Waals surface area contributed by atoms with E-state index >= 15 is 0 Å². The Hall–Kier alpha value is -0.0800. The Bertz CT molecular complexity index is 233. The van der Waals surface area contributed by atoms with E-state index in [0.29, 0.717) is 0 Å². The molecule has 2 unspecified atom stereocenters. The topological polar surface area (TPSA) is 38.0 Å². The maximum Gasteiger partial charge on any atom is 0.0124 e. The van der Waals surface area contributed by atoms with Crippen LogP contribution in [0.1, 0.15) is 51.4 Å². The van der Waals surface area contributed by atoms with Gasteiger partial charge >= 0.3 is 0 Å². The molecule has 0 amide bonds. The van der Waals surface area contributed by atoms with Crippen molar-refractivity contribution in [2.24, 2.45) is 29.4 Å². The molecule has 3 aliphatic carbocycles. The zero-order chi connectivity index (χ0) is 11.7. The SMILES string of the molecule is NCC1CCCCC1CNC(C1CC1)C1CC1. The van der Waals surface area contributed by atoms with Gasteiger partial charge in [-0.2, -0.15) is 0 Å². The molecule has 3 aliphatic rings. The molecule has 3 rings (SSSR count). The Kier molecular flexibility index (Phi) is 3.72. The molecule has 3 N–H and O–H groups in total. The van der Waals surface area contributed by atoms with E-state index in [1.54, 1.807) is 0 Å². The van der Waals surface area contributed by atoms with Crippen molar-refractivity contribution in [2.75, 3.05) is 13.1 Å². The van der Waals surface area contributed by atoms with Crippen LogP contribution in [-0.2, 0) is 0 Å². The second-order valence-corrected chi connectivity index (χ2v) is 6.65. The summed E-state index contributed by atoms with van der Waals surface area (Å²) >= 11 is 0. The highest BCUT2D eigenvalue weighted by atomic mass is 15.0. The highest BCUT2D eigenvalue weighted by molar-refractivity contribution is 4.96. The fourth-order valence-corrected chi connectivity index (χ4v) is 3.78. The van der Waals surface area contributed by atoms with Crippen molar-refractivity contribution in [3.05, 3.63) is 0 Å². The lowest BCUT2D eigenvalue weighted by molar-refractivity contribution is 0.222. The molecule has 0 spiro atoms. The number of rotatable bonds is 6. The molecule has 0 radical (unpaired) electrons. The van der Waals surface area contributed by atoms with Gasteiger partial charge in [-0.1, -0.05) is 12.8 Å². The molecule has 98 valence electrons. The summed E-state index contributed by atoms with van der Waals surface area (Å²) in [5.74, 6) is 3.73. The van der Waals surface area contributed by atoms with Crippen molar-refractivity contribution in [1.29, 1.82) is 0 Å². The predicted molar refractivity (Wildman–Crippen MR) is 71.7 cm³/mol. The molecule has 17 heavy (non-hydrogen) atoms. The molecular formula is C15H28N2. The van der Waals surface area contributed by atoms with E-state index in [1.165, 1.54) is 57.9 Å². The lowest BCUT2D eigenvalue weighted by atomic mass is 9.79. The summed E-state index contributed by atoms with van der Waals surface area (Å²) in [7, 11) is 0. The zero-order valence-corrected chi connectivity index (χ0v) is 11.0. The van der Waals surface area contributed by atoms with Gasteiger partial charge in [-0.05, 0) is 75.3 Å². The Labute approximate surface area is 106 Å². The molecule has 0 aromatic carbocycles. The predicted octanol–water partition coefficient (Wildman–Crippen LogP) is 2.53. The molecule has 2 nitrogen and oxygen atoms in total. The first-order chi connectivity index (χ1) is 8.38. The van der Waals surface area contributed by atoms with Gasteiger partial charge in [-0.25, -0.2) is 0 Å². The Balaban J connectivity index is 1.47. The summed E-state index contributed by atoms with van der Waals surface area (Å²) < 4.78 is 0. The molecule has 3 saturated carbocycles. The maximum absolute atomic E-state index is 5.92. The molecule has 3 fully saturated rings. The van der Waals surface area contributed by atoms with Crippen molar-refractivity contribution in [1.82, 2.24) is 5.32 Å². The number of hydrogen-bond donors (Lipinski definition) is 2. The smallest absolute Gasteiger partial charge is 0.0124 e. The van der Waals surface area contributed by atoms with E-state index in [1.807, 2.05) is 0 Å². The molecular weight excluding hydrogens is 208 g/mol. The van der Waals surface area contributed by atoms with Gasteiger partial charge in [0.05, 0.1) is 0 Å². The van der Waals surface area contributed by atoms with Crippen molar-refractivity contribution in [2.45, 2.75) is 57.4 Å². The Morgan fingerprint density at radius 3 is 2.00 bits per heavy atom. The summed E-state index contributed by atoms with van der Waals surface area (Å²) in [6.45, 7) is 2.16.